The van der Waals surface area contributed by atoms with Crippen molar-refractivity contribution < 1.29 is 38.1 Å². The molecule has 0 aliphatic carbocycles. The van der Waals surface area contributed by atoms with Crippen LogP contribution in [0.25, 0.3) is 0 Å². The van der Waals surface area contributed by atoms with Crippen LogP contribution in [-0.4, -0.2) is 36.7 Å². The van der Waals surface area contributed by atoms with Crippen molar-refractivity contribution in [1.29, 1.82) is 0 Å². The minimum absolute atomic E-state index is 0.0735. The molecule has 1 aliphatic rings. The Kier molecular flexibility index (Phi) is 28.5. The van der Waals surface area contributed by atoms with Gasteiger partial charge in [-0.05, 0) is 24.0 Å². The van der Waals surface area contributed by atoms with Crippen molar-refractivity contribution in [3.05, 3.63) is 83.3 Å². The molecule has 0 N–H and O–H groups in total. The molecule has 0 saturated carbocycles. The zero-order valence-electron chi connectivity index (χ0n) is 37.6. The molecule has 8 heteroatoms. The van der Waals surface area contributed by atoms with E-state index in [1.165, 1.54) is 128 Å². The third kappa shape index (κ3) is 23.3. The molecule has 1 heterocycles. The average molecular weight is 833 g/mol. The van der Waals surface area contributed by atoms with Crippen LogP contribution in [0.2, 0.25) is 0 Å². The van der Waals surface area contributed by atoms with Crippen molar-refractivity contribution in [2.45, 2.75) is 219 Å². The van der Waals surface area contributed by atoms with Crippen molar-refractivity contribution in [2.24, 2.45) is 0 Å². The number of rotatable bonds is 38. The molecular formula is C52H80O8. The summed E-state index contributed by atoms with van der Waals surface area (Å²) in [6, 6.07) is 19.1. The molecule has 8 nitrogen and oxygen atoms in total. The van der Waals surface area contributed by atoms with Crippen molar-refractivity contribution >= 4 is 17.9 Å². The molecule has 3 rings (SSSR count). The largest absolute Gasteiger partial charge is 0.485 e. The maximum atomic E-state index is 13.4. The Morgan fingerprint density at radius 2 is 0.900 bits per heavy atom. The topological polar surface area (TPSA) is 97.4 Å². The van der Waals surface area contributed by atoms with Crippen LogP contribution >= 0.6 is 0 Å². The predicted octanol–water partition coefficient (Wildman–Crippen LogP) is 14.0. The van der Waals surface area contributed by atoms with Crippen LogP contribution in [0.3, 0.4) is 0 Å². The van der Waals surface area contributed by atoms with Crippen LogP contribution < -0.4 is 0 Å². The number of carbonyl (C=O) groups is 3. The first-order chi connectivity index (χ1) is 29.5. The lowest BCUT2D eigenvalue weighted by Crippen LogP contribution is -2.38. The molecule has 0 saturated heterocycles. The second-order valence-electron chi connectivity index (χ2n) is 16.8. The van der Waals surface area contributed by atoms with Gasteiger partial charge in [0, 0.05) is 12.8 Å². The molecule has 2 atom stereocenters. The molecule has 0 unspecified atom stereocenters. The third-order valence-corrected chi connectivity index (χ3v) is 11.4. The van der Waals surface area contributed by atoms with E-state index in [0.717, 1.165) is 43.2 Å². The van der Waals surface area contributed by atoms with E-state index in [-0.39, 0.29) is 50.1 Å². The maximum absolute atomic E-state index is 13.4. The number of carbonyl (C=O) groups excluding carboxylic acids is 3. The summed E-state index contributed by atoms with van der Waals surface area (Å²) < 4.78 is 29.8. The number of cyclic esters (lactones) is 1. The number of hydrogen-bond donors (Lipinski definition) is 0. The summed E-state index contributed by atoms with van der Waals surface area (Å²) in [7, 11) is 0. The van der Waals surface area contributed by atoms with Crippen LogP contribution in [0, 0.1) is 0 Å². The fourth-order valence-electron chi connectivity index (χ4n) is 7.67. The van der Waals surface area contributed by atoms with E-state index in [0.29, 0.717) is 6.42 Å². The Morgan fingerprint density at radius 3 is 1.33 bits per heavy atom. The first kappa shape index (κ1) is 50.5. The van der Waals surface area contributed by atoms with Crippen LogP contribution in [0.5, 0.6) is 0 Å². The molecule has 0 spiro atoms. The van der Waals surface area contributed by atoms with Gasteiger partial charge in [-0.1, -0.05) is 229 Å². The van der Waals surface area contributed by atoms with E-state index in [1.807, 2.05) is 60.7 Å². The summed E-state index contributed by atoms with van der Waals surface area (Å²) in [4.78, 5) is 39.7. The molecule has 1 aliphatic heterocycles. The van der Waals surface area contributed by atoms with Crippen molar-refractivity contribution in [3.63, 3.8) is 0 Å². The van der Waals surface area contributed by atoms with E-state index in [9.17, 15) is 14.4 Å². The highest BCUT2D eigenvalue weighted by Gasteiger charge is 2.45. The van der Waals surface area contributed by atoms with Crippen molar-refractivity contribution in [2.75, 3.05) is 6.61 Å². The van der Waals surface area contributed by atoms with Gasteiger partial charge in [0.1, 0.15) is 19.8 Å². The highest BCUT2D eigenvalue weighted by atomic mass is 16.6. The third-order valence-electron chi connectivity index (χ3n) is 11.4. The number of hydrogen-bond acceptors (Lipinski definition) is 8. The van der Waals surface area contributed by atoms with Gasteiger partial charge in [-0.2, -0.15) is 0 Å². The summed E-state index contributed by atoms with van der Waals surface area (Å²) in [5.41, 5.74) is 1.75. The summed E-state index contributed by atoms with van der Waals surface area (Å²) in [6.45, 7) is 4.51. The summed E-state index contributed by atoms with van der Waals surface area (Å²) in [5.74, 6) is -1.44. The smallest absolute Gasteiger partial charge is 0.378 e. The first-order valence-electron chi connectivity index (χ1n) is 24.2. The molecule has 0 fully saturated rings. The minimum Gasteiger partial charge on any atom is -0.485 e. The normalized spacial score (nSPS) is 14.2. The number of benzene rings is 2. The highest BCUT2D eigenvalue weighted by Crippen LogP contribution is 2.31. The molecule has 2 aromatic carbocycles. The summed E-state index contributed by atoms with van der Waals surface area (Å²) in [6.07, 6.45) is 29.9. The first-order valence-corrected chi connectivity index (χ1v) is 24.2. The standard InChI is InChI=1S/C52H80O8/c1-3-5-7-9-11-13-15-17-19-21-23-25-33-39-47(53)56-43-46(59-48(54)40-34-26-24-22-20-18-16-14-12-10-8-6-4-2)49-50(57-41-44-35-29-27-30-36-44)51(52(55)60-49)58-42-45-37-31-28-32-38-45/h27-32,35-38,46,49H,3-26,33-34,39-43H2,1-2H3/t46-,49+/m0/s1. The van der Waals surface area contributed by atoms with E-state index in [4.69, 9.17) is 23.7 Å². The van der Waals surface area contributed by atoms with Gasteiger partial charge in [-0.15, -0.1) is 0 Å². The molecule has 0 bridgehead atoms. The second kappa shape index (κ2) is 33.9. The van der Waals surface area contributed by atoms with Gasteiger partial charge in [-0.25, -0.2) is 4.79 Å². The van der Waals surface area contributed by atoms with Crippen LogP contribution in [0.4, 0.5) is 0 Å². The minimum atomic E-state index is -1.13. The molecule has 0 amide bonds. The fraction of sp³-hybridized carbons (Fsp3) is 0.673. The number of ether oxygens (including phenoxy) is 5. The average Bonchev–Trinajstić information content (AvgIpc) is 3.58. The number of esters is 3. The van der Waals surface area contributed by atoms with Gasteiger partial charge in [-0.3, -0.25) is 9.59 Å². The van der Waals surface area contributed by atoms with Crippen molar-refractivity contribution in [3.8, 4) is 0 Å². The Hall–Kier alpha value is -3.81. The zero-order valence-corrected chi connectivity index (χ0v) is 37.6. The molecule has 0 aromatic heterocycles. The van der Waals surface area contributed by atoms with Gasteiger partial charge in [0.2, 0.25) is 11.9 Å². The van der Waals surface area contributed by atoms with Crippen LogP contribution in [0.1, 0.15) is 205 Å². The molecule has 60 heavy (non-hydrogen) atoms. The monoisotopic (exact) mass is 833 g/mol. The van der Waals surface area contributed by atoms with Crippen LogP contribution in [-0.2, 0) is 51.3 Å². The highest BCUT2D eigenvalue weighted by molar-refractivity contribution is 5.89. The Bertz CT molecular complexity index is 1420. The molecular weight excluding hydrogens is 753 g/mol. The summed E-state index contributed by atoms with van der Waals surface area (Å²) >= 11 is 0. The van der Waals surface area contributed by atoms with Gasteiger partial charge < -0.3 is 23.7 Å². The van der Waals surface area contributed by atoms with Gasteiger partial charge in [0.15, 0.2) is 11.9 Å². The maximum Gasteiger partial charge on any atom is 0.378 e. The second-order valence-corrected chi connectivity index (χ2v) is 16.8. The Balaban J connectivity index is 1.53. The van der Waals surface area contributed by atoms with Gasteiger partial charge >= 0.3 is 17.9 Å². The lowest BCUT2D eigenvalue weighted by molar-refractivity contribution is -0.171. The van der Waals surface area contributed by atoms with Gasteiger partial charge in [0.25, 0.3) is 0 Å². The SMILES string of the molecule is CCCCCCCCCCCCCCCC(=O)OC[C@H](OC(=O)CCCCCCCCCCCCCCC)[C@H]1OC(=O)C(OCc2ccccc2)=C1OCc1ccccc1. The lowest BCUT2D eigenvalue weighted by Gasteiger charge is -2.24. The lowest BCUT2D eigenvalue weighted by atomic mass is 10.0. The quantitative estimate of drug-likeness (QED) is 0.0375. The van der Waals surface area contributed by atoms with Crippen molar-refractivity contribution in [1.82, 2.24) is 0 Å². The van der Waals surface area contributed by atoms with E-state index >= 15 is 0 Å². The number of unbranched alkanes of at least 4 members (excludes halogenated alkanes) is 24. The van der Waals surface area contributed by atoms with E-state index < -0.39 is 24.1 Å². The zero-order chi connectivity index (χ0) is 42.7. The molecule has 0 radical (unpaired) electrons. The fourth-order valence-corrected chi connectivity index (χ4v) is 7.67. The Labute approximate surface area is 363 Å². The predicted molar refractivity (Wildman–Crippen MR) is 241 cm³/mol. The molecule has 336 valence electrons. The van der Waals surface area contributed by atoms with Gasteiger partial charge in [0.05, 0.1) is 0 Å². The molecule has 2 aromatic rings. The Morgan fingerprint density at radius 1 is 0.517 bits per heavy atom. The van der Waals surface area contributed by atoms with E-state index in [1.54, 1.807) is 0 Å². The summed E-state index contributed by atoms with van der Waals surface area (Å²) in [5, 5.41) is 0. The van der Waals surface area contributed by atoms with E-state index in [2.05, 4.69) is 13.8 Å². The van der Waals surface area contributed by atoms with Crippen LogP contribution in [0.15, 0.2) is 72.2 Å².